The van der Waals surface area contributed by atoms with Gasteiger partial charge in [0, 0.05) is 18.7 Å². The van der Waals surface area contributed by atoms with E-state index in [1.807, 2.05) is 12.1 Å². The lowest BCUT2D eigenvalue weighted by molar-refractivity contribution is -0.136. The number of piperidine rings is 1. The van der Waals surface area contributed by atoms with Crippen LogP contribution in [0.25, 0.3) is 0 Å². The third kappa shape index (κ3) is 23.2. The van der Waals surface area contributed by atoms with Gasteiger partial charge in [0.25, 0.3) is 11.8 Å². The van der Waals surface area contributed by atoms with Gasteiger partial charge in [-0.2, -0.15) is 0 Å². The van der Waals surface area contributed by atoms with Gasteiger partial charge in [-0.3, -0.25) is 29.4 Å². The first-order valence-electron chi connectivity index (χ1n) is 24.1. The van der Waals surface area contributed by atoms with Crippen LogP contribution in [0.4, 0.5) is 5.69 Å². The Morgan fingerprint density at radius 3 is 1.49 bits per heavy atom. The fraction of sp³-hybridized carbons (Fsp3) is 0.673. The molecule has 2 aliphatic rings. The van der Waals surface area contributed by atoms with Crippen molar-refractivity contribution < 1.29 is 71.3 Å². The number of carbonyl (C=O) groups excluding carboxylic acids is 4. The second-order valence-corrected chi connectivity index (χ2v) is 15.7. The molecule has 0 aromatic heterocycles. The first-order valence-corrected chi connectivity index (χ1v) is 24.1. The molecule has 2 aliphatic heterocycles. The number of fused-ring (bicyclic) bond motifs is 1. The molecular weight excluding hydrogens is 871 g/mol. The highest BCUT2D eigenvalue weighted by Gasteiger charge is 2.45. The zero-order valence-corrected chi connectivity index (χ0v) is 39.6. The molecular formula is C49H75N3O15. The molecule has 1 fully saturated rings. The molecule has 1 atom stereocenters. The van der Waals surface area contributed by atoms with Gasteiger partial charge in [-0.05, 0) is 49.1 Å². The summed E-state index contributed by atoms with van der Waals surface area (Å²) in [5, 5.41) is 5.34. The minimum atomic E-state index is -1.01. The minimum Gasteiger partial charge on any atom is -0.491 e. The summed E-state index contributed by atoms with van der Waals surface area (Å²) in [7, 11) is 0. The Morgan fingerprint density at radius 1 is 0.537 bits per heavy atom. The van der Waals surface area contributed by atoms with Crippen LogP contribution in [-0.4, -0.2) is 180 Å². The number of anilines is 1. The summed E-state index contributed by atoms with van der Waals surface area (Å²) < 4.78 is 61.2. The first-order chi connectivity index (χ1) is 33.0. The number of benzene rings is 2. The molecule has 4 rings (SSSR count). The van der Waals surface area contributed by atoms with Crippen LogP contribution in [0.3, 0.4) is 0 Å². The van der Waals surface area contributed by atoms with Crippen LogP contribution in [0.15, 0.2) is 42.5 Å². The van der Waals surface area contributed by atoms with Gasteiger partial charge in [-0.15, -0.1) is 0 Å². The Balaban J connectivity index is 0.800. The van der Waals surface area contributed by atoms with Gasteiger partial charge in [0.1, 0.15) is 18.4 Å². The number of hydrogen-bond acceptors (Lipinski definition) is 16. The van der Waals surface area contributed by atoms with Crippen LogP contribution >= 0.6 is 0 Å². The summed E-state index contributed by atoms with van der Waals surface area (Å²) in [4.78, 5) is 51.0. The molecule has 0 aliphatic carbocycles. The van der Waals surface area contributed by atoms with E-state index < -0.39 is 29.7 Å². The van der Waals surface area contributed by atoms with Crippen molar-refractivity contribution in [1.29, 1.82) is 0 Å². The molecule has 2 heterocycles. The quantitative estimate of drug-likeness (QED) is 0.0688. The summed E-state index contributed by atoms with van der Waals surface area (Å²) in [6, 6.07) is 12.3. The Bertz CT molecular complexity index is 1670. The van der Waals surface area contributed by atoms with Crippen LogP contribution < -0.4 is 15.4 Å². The Hall–Kier alpha value is -4.08. The van der Waals surface area contributed by atoms with E-state index in [-0.39, 0.29) is 24.0 Å². The van der Waals surface area contributed by atoms with Crippen LogP contribution in [-0.2, 0) is 63.4 Å². The predicted molar refractivity (Wildman–Crippen MR) is 249 cm³/mol. The minimum absolute atomic E-state index is 0.0646. The van der Waals surface area contributed by atoms with Crippen molar-refractivity contribution >= 4 is 29.3 Å². The summed E-state index contributed by atoms with van der Waals surface area (Å²) in [5.41, 5.74) is 2.27. The fourth-order valence-corrected chi connectivity index (χ4v) is 7.08. The number of carbonyl (C=O) groups is 4. The number of unbranched alkanes of at least 4 members (excludes halogenated alkanes) is 5. The first kappa shape index (κ1) is 55.5. The second kappa shape index (κ2) is 36.0. The summed E-state index contributed by atoms with van der Waals surface area (Å²) in [6.45, 7) is 12.3. The Kier molecular flexibility index (Phi) is 29.8. The number of nitrogens with zero attached hydrogens (tertiary/aromatic N) is 1. The lowest BCUT2D eigenvalue weighted by Gasteiger charge is -2.27. The Labute approximate surface area is 396 Å². The highest BCUT2D eigenvalue weighted by Crippen LogP contribution is 2.32. The Morgan fingerprint density at radius 2 is 1.00 bits per heavy atom. The van der Waals surface area contributed by atoms with Crippen molar-refractivity contribution in [2.75, 3.05) is 151 Å². The highest BCUT2D eigenvalue weighted by atomic mass is 16.6. The van der Waals surface area contributed by atoms with E-state index in [2.05, 4.69) is 29.7 Å². The van der Waals surface area contributed by atoms with Crippen molar-refractivity contribution in [2.24, 2.45) is 0 Å². The molecule has 376 valence electrons. The van der Waals surface area contributed by atoms with Gasteiger partial charge in [0.05, 0.1) is 143 Å². The number of rotatable bonds is 43. The lowest BCUT2D eigenvalue weighted by Crippen LogP contribution is -2.54. The SMILES string of the molecule is CCCCCCCCc1ccc(OCCOCCOCCOCCOCCOCCOCCOCCOCCOCCOCCNc2cccc3c2C(=O)N(C2CCC(=O)NC2=O)C3=O)cc1. The average Bonchev–Trinajstić information content (AvgIpc) is 3.59. The maximum Gasteiger partial charge on any atom is 0.264 e. The third-order valence-electron chi connectivity index (χ3n) is 10.6. The third-order valence-corrected chi connectivity index (χ3v) is 10.6. The zero-order valence-electron chi connectivity index (χ0n) is 39.6. The standard InChI is InChI=1S/C49H75N3O15/c1-2-3-4-5-6-7-9-40-12-14-41(15-13-40)67-39-38-66-37-36-65-35-34-64-33-32-63-31-30-62-29-28-61-27-26-60-25-24-59-23-22-58-21-20-57-19-18-50-43-11-8-10-42-46(43)49(56)52(48(42)55)44-16-17-45(53)51-47(44)54/h8,10-15,44,50H,2-7,9,16-39H2,1H3,(H,51,53,54). The number of ether oxygens (including phenoxy) is 11. The van der Waals surface area contributed by atoms with Gasteiger partial charge >= 0.3 is 0 Å². The molecule has 1 saturated heterocycles. The average molecular weight is 946 g/mol. The maximum atomic E-state index is 13.2. The molecule has 0 bridgehead atoms. The van der Waals surface area contributed by atoms with Gasteiger partial charge in [-0.1, -0.05) is 57.2 Å². The van der Waals surface area contributed by atoms with E-state index in [1.165, 1.54) is 44.1 Å². The van der Waals surface area contributed by atoms with Gasteiger partial charge in [0.15, 0.2) is 0 Å². The molecule has 0 radical (unpaired) electrons. The van der Waals surface area contributed by atoms with Crippen molar-refractivity contribution in [3.63, 3.8) is 0 Å². The number of amides is 4. The molecule has 18 nitrogen and oxygen atoms in total. The van der Waals surface area contributed by atoms with Gasteiger partial charge < -0.3 is 57.4 Å². The summed E-state index contributed by atoms with van der Waals surface area (Å²) in [6.07, 6.45) is 9.19. The smallest absolute Gasteiger partial charge is 0.264 e. The number of hydrogen-bond donors (Lipinski definition) is 2. The molecule has 0 saturated carbocycles. The number of imide groups is 2. The van der Waals surface area contributed by atoms with E-state index in [1.54, 1.807) is 18.2 Å². The number of nitrogens with one attached hydrogen (secondary N) is 2. The van der Waals surface area contributed by atoms with E-state index in [0.717, 1.165) is 17.1 Å². The largest absolute Gasteiger partial charge is 0.491 e. The molecule has 2 aromatic carbocycles. The van der Waals surface area contributed by atoms with Crippen LogP contribution in [0.2, 0.25) is 0 Å². The van der Waals surface area contributed by atoms with E-state index in [0.29, 0.717) is 151 Å². The van der Waals surface area contributed by atoms with Crippen molar-refractivity contribution in [1.82, 2.24) is 10.2 Å². The summed E-state index contributed by atoms with van der Waals surface area (Å²) >= 11 is 0. The zero-order chi connectivity index (χ0) is 47.4. The van der Waals surface area contributed by atoms with Gasteiger partial charge in [-0.25, -0.2) is 0 Å². The predicted octanol–water partition coefficient (Wildman–Crippen LogP) is 4.65. The molecule has 4 amide bonds. The highest BCUT2D eigenvalue weighted by molar-refractivity contribution is 6.25. The fourth-order valence-electron chi connectivity index (χ4n) is 7.08. The lowest BCUT2D eigenvalue weighted by atomic mass is 10.0. The maximum absolute atomic E-state index is 13.2. The molecule has 1 unspecified atom stereocenters. The summed E-state index contributed by atoms with van der Waals surface area (Å²) in [5.74, 6) is -1.30. The topological polar surface area (TPSA) is 197 Å². The number of aryl methyl sites for hydroxylation is 1. The normalized spacial score (nSPS) is 14.8. The van der Waals surface area contributed by atoms with Gasteiger partial charge in [0.2, 0.25) is 11.8 Å². The molecule has 0 spiro atoms. The van der Waals surface area contributed by atoms with E-state index in [4.69, 9.17) is 52.1 Å². The van der Waals surface area contributed by atoms with Crippen molar-refractivity contribution in [3.8, 4) is 5.75 Å². The molecule has 2 aromatic rings. The molecule has 2 N–H and O–H groups in total. The van der Waals surface area contributed by atoms with Crippen LogP contribution in [0.1, 0.15) is 84.6 Å². The molecule has 18 heteroatoms. The molecule has 67 heavy (non-hydrogen) atoms. The van der Waals surface area contributed by atoms with Crippen LogP contribution in [0, 0.1) is 0 Å². The van der Waals surface area contributed by atoms with Crippen LogP contribution in [0.5, 0.6) is 5.75 Å². The monoisotopic (exact) mass is 946 g/mol. The van der Waals surface area contributed by atoms with Crippen molar-refractivity contribution in [3.05, 3.63) is 59.2 Å². The van der Waals surface area contributed by atoms with E-state index >= 15 is 0 Å². The van der Waals surface area contributed by atoms with Crippen molar-refractivity contribution in [2.45, 2.75) is 70.8 Å². The van der Waals surface area contributed by atoms with E-state index in [9.17, 15) is 19.2 Å². The second-order valence-electron chi connectivity index (χ2n) is 15.7.